The number of hydrogen-bond donors (Lipinski definition) is 1. The zero-order valence-electron chi connectivity index (χ0n) is 18.5. The average Bonchev–Trinajstić information content (AvgIpc) is 2.79. The number of aryl methyl sites for hydroxylation is 1. The second-order valence-electron chi connectivity index (χ2n) is 9.09. The summed E-state index contributed by atoms with van der Waals surface area (Å²) < 4.78 is 5.57. The Bertz CT molecular complexity index is 933. The third kappa shape index (κ3) is 4.52. The van der Waals surface area contributed by atoms with Crippen molar-refractivity contribution in [2.45, 2.75) is 51.4 Å². The Balaban J connectivity index is 1.57. The number of rotatable bonds is 6. The Hall–Kier alpha value is -2.66. The number of carbonyl (C=O) groups is 2. The summed E-state index contributed by atoms with van der Waals surface area (Å²) in [6, 6.07) is 16.0. The Morgan fingerprint density at radius 2 is 1.84 bits per heavy atom. The van der Waals surface area contributed by atoms with Crippen LogP contribution in [-0.4, -0.2) is 31.6 Å². The number of hydrogen-bond acceptors (Lipinski definition) is 3. The maximum absolute atomic E-state index is 13.5. The molecule has 0 aromatic heterocycles. The largest absolute Gasteiger partial charge is 0.381 e. The van der Waals surface area contributed by atoms with Gasteiger partial charge in [0.2, 0.25) is 11.8 Å². The van der Waals surface area contributed by atoms with Gasteiger partial charge in [-0.3, -0.25) is 9.59 Å². The quantitative estimate of drug-likeness (QED) is 0.737. The topological polar surface area (TPSA) is 58.6 Å². The van der Waals surface area contributed by atoms with Gasteiger partial charge in [0.05, 0.1) is 5.41 Å². The highest BCUT2D eigenvalue weighted by Crippen LogP contribution is 2.37. The highest BCUT2D eigenvalue weighted by atomic mass is 16.5. The van der Waals surface area contributed by atoms with Gasteiger partial charge in [0.1, 0.15) is 0 Å². The first-order chi connectivity index (χ1) is 15.0. The lowest BCUT2D eigenvalue weighted by Crippen LogP contribution is -2.44. The second-order valence-corrected chi connectivity index (χ2v) is 9.09. The van der Waals surface area contributed by atoms with Crippen LogP contribution >= 0.6 is 0 Å². The Kier molecular flexibility index (Phi) is 6.42. The highest BCUT2D eigenvalue weighted by Gasteiger charge is 2.41. The average molecular weight is 421 g/mol. The van der Waals surface area contributed by atoms with Gasteiger partial charge >= 0.3 is 0 Å². The molecule has 31 heavy (non-hydrogen) atoms. The highest BCUT2D eigenvalue weighted by molar-refractivity contribution is 6.00. The van der Waals surface area contributed by atoms with Crippen molar-refractivity contribution in [1.29, 1.82) is 0 Å². The van der Waals surface area contributed by atoms with Gasteiger partial charge < -0.3 is 15.0 Å². The summed E-state index contributed by atoms with van der Waals surface area (Å²) in [5, 5.41) is 3.18. The molecule has 5 nitrogen and oxygen atoms in total. The number of anilines is 2. The molecule has 0 unspecified atom stereocenters. The molecule has 0 atom stereocenters. The van der Waals surface area contributed by atoms with E-state index in [-0.39, 0.29) is 11.8 Å². The van der Waals surface area contributed by atoms with E-state index in [0.717, 1.165) is 35.5 Å². The van der Waals surface area contributed by atoms with Crippen LogP contribution in [-0.2, 0) is 26.2 Å². The van der Waals surface area contributed by atoms with E-state index < -0.39 is 5.41 Å². The lowest BCUT2D eigenvalue weighted by atomic mass is 9.73. The third-order valence-electron chi connectivity index (χ3n) is 6.57. The molecule has 0 bridgehead atoms. The molecule has 0 radical (unpaired) electrons. The number of carbonyl (C=O) groups excluding carboxylic acids is 2. The summed E-state index contributed by atoms with van der Waals surface area (Å²) >= 11 is 0. The molecule has 1 fully saturated rings. The molecule has 1 saturated heterocycles. The predicted octanol–water partition coefficient (Wildman–Crippen LogP) is 4.70. The molecule has 2 heterocycles. The standard InChI is InChI=1S/C26H32N2O3/c1-19(2)12-15-28-23-10-9-22(18-20(23)8-11-24(28)29)27-25(30)26(13-16-31-17-14-26)21-6-4-3-5-7-21/h3-7,9-10,18-19H,8,11-17H2,1-2H3,(H,27,30). The van der Waals surface area contributed by atoms with Gasteiger partial charge in [0.15, 0.2) is 0 Å². The smallest absolute Gasteiger partial charge is 0.235 e. The van der Waals surface area contributed by atoms with E-state index in [1.807, 2.05) is 53.4 Å². The van der Waals surface area contributed by atoms with Crippen LogP contribution < -0.4 is 10.2 Å². The lowest BCUT2D eigenvalue weighted by Gasteiger charge is -2.36. The van der Waals surface area contributed by atoms with E-state index in [1.165, 1.54) is 0 Å². The maximum Gasteiger partial charge on any atom is 0.235 e. The van der Waals surface area contributed by atoms with Crippen molar-refractivity contribution in [3.63, 3.8) is 0 Å². The normalized spacial score (nSPS) is 18.0. The van der Waals surface area contributed by atoms with Crippen LogP contribution in [0.3, 0.4) is 0 Å². The van der Waals surface area contributed by atoms with Gasteiger partial charge in [-0.1, -0.05) is 44.2 Å². The van der Waals surface area contributed by atoms with Crippen molar-refractivity contribution in [3.8, 4) is 0 Å². The molecule has 0 aliphatic carbocycles. The van der Waals surface area contributed by atoms with Crippen LogP contribution in [0.2, 0.25) is 0 Å². The first kappa shape index (κ1) is 21.6. The molecule has 0 spiro atoms. The number of ether oxygens (including phenoxy) is 1. The number of fused-ring (bicyclic) bond motifs is 1. The van der Waals surface area contributed by atoms with Crippen LogP contribution in [0, 0.1) is 5.92 Å². The fraction of sp³-hybridized carbons (Fsp3) is 0.462. The van der Waals surface area contributed by atoms with E-state index in [9.17, 15) is 9.59 Å². The van der Waals surface area contributed by atoms with Gasteiger partial charge in [-0.25, -0.2) is 0 Å². The van der Waals surface area contributed by atoms with Crippen molar-refractivity contribution in [2.24, 2.45) is 5.92 Å². The van der Waals surface area contributed by atoms with Crippen LogP contribution in [0.1, 0.15) is 50.7 Å². The Morgan fingerprint density at radius 3 is 2.55 bits per heavy atom. The Labute approximate surface area is 184 Å². The fourth-order valence-electron chi connectivity index (χ4n) is 4.64. The van der Waals surface area contributed by atoms with Gasteiger partial charge in [0.25, 0.3) is 0 Å². The van der Waals surface area contributed by atoms with Gasteiger partial charge in [-0.05, 0) is 60.9 Å². The molecule has 164 valence electrons. The molecule has 2 amide bonds. The predicted molar refractivity (Wildman–Crippen MR) is 123 cm³/mol. The molecular formula is C26H32N2O3. The first-order valence-electron chi connectivity index (χ1n) is 11.4. The van der Waals surface area contributed by atoms with Gasteiger partial charge in [0, 0.05) is 37.6 Å². The summed E-state index contributed by atoms with van der Waals surface area (Å²) in [6.07, 6.45) is 3.56. The summed E-state index contributed by atoms with van der Waals surface area (Å²) in [5.41, 5.74) is 3.37. The third-order valence-corrected chi connectivity index (χ3v) is 6.57. The van der Waals surface area contributed by atoms with Crippen molar-refractivity contribution in [2.75, 3.05) is 30.0 Å². The first-order valence-corrected chi connectivity index (χ1v) is 11.4. The minimum Gasteiger partial charge on any atom is -0.381 e. The fourth-order valence-corrected chi connectivity index (χ4v) is 4.64. The lowest BCUT2D eigenvalue weighted by molar-refractivity contribution is -0.125. The van der Waals surface area contributed by atoms with Crippen LogP contribution in [0.15, 0.2) is 48.5 Å². The van der Waals surface area contributed by atoms with E-state index in [1.54, 1.807) is 0 Å². The molecule has 2 aliphatic rings. The Morgan fingerprint density at radius 1 is 1.10 bits per heavy atom. The number of nitrogens with zero attached hydrogens (tertiary/aromatic N) is 1. The molecule has 1 N–H and O–H groups in total. The van der Waals surface area contributed by atoms with E-state index in [0.29, 0.717) is 44.8 Å². The molecule has 2 aliphatic heterocycles. The SMILES string of the molecule is CC(C)CCN1C(=O)CCc2cc(NC(=O)C3(c4ccccc4)CCOCC3)ccc21. The zero-order valence-corrected chi connectivity index (χ0v) is 18.5. The van der Waals surface area contributed by atoms with Crippen molar-refractivity contribution in [3.05, 3.63) is 59.7 Å². The van der Waals surface area contributed by atoms with Crippen molar-refractivity contribution >= 4 is 23.2 Å². The maximum atomic E-state index is 13.5. The molecule has 2 aromatic carbocycles. The van der Waals surface area contributed by atoms with Crippen molar-refractivity contribution in [1.82, 2.24) is 0 Å². The van der Waals surface area contributed by atoms with Gasteiger partial charge in [-0.2, -0.15) is 0 Å². The van der Waals surface area contributed by atoms with Crippen LogP contribution in [0.5, 0.6) is 0 Å². The van der Waals surface area contributed by atoms with Crippen LogP contribution in [0.25, 0.3) is 0 Å². The number of amides is 2. The number of benzene rings is 2. The summed E-state index contributed by atoms with van der Waals surface area (Å²) in [7, 11) is 0. The minimum absolute atomic E-state index is 0.0190. The monoisotopic (exact) mass is 420 g/mol. The second kappa shape index (κ2) is 9.23. The molecule has 2 aromatic rings. The van der Waals surface area contributed by atoms with E-state index >= 15 is 0 Å². The molecular weight excluding hydrogens is 388 g/mol. The molecule has 0 saturated carbocycles. The van der Waals surface area contributed by atoms with Gasteiger partial charge in [-0.15, -0.1) is 0 Å². The number of nitrogens with one attached hydrogen (secondary N) is 1. The molecule has 5 heteroatoms. The summed E-state index contributed by atoms with van der Waals surface area (Å²) in [4.78, 5) is 27.9. The van der Waals surface area contributed by atoms with Crippen molar-refractivity contribution < 1.29 is 14.3 Å². The van der Waals surface area contributed by atoms with Crippen LogP contribution in [0.4, 0.5) is 11.4 Å². The minimum atomic E-state index is -0.575. The van der Waals surface area contributed by atoms with E-state index in [2.05, 4.69) is 19.2 Å². The van der Waals surface area contributed by atoms with E-state index in [4.69, 9.17) is 4.74 Å². The molecule has 4 rings (SSSR count). The zero-order chi connectivity index (χ0) is 21.8. The summed E-state index contributed by atoms with van der Waals surface area (Å²) in [5.74, 6) is 0.756. The summed E-state index contributed by atoms with van der Waals surface area (Å²) in [6.45, 7) is 6.25.